The van der Waals surface area contributed by atoms with Crippen molar-refractivity contribution in [3.63, 3.8) is 0 Å². The zero-order valence-corrected chi connectivity index (χ0v) is 21.3. The van der Waals surface area contributed by atoms with Gasteiger partial charge in [0.1, 0.15) is 0 Å². The fourth-order valence-electron chi connectivity index (χ4n) is 4.63. The van der Waals surface area contributed by atoms with Crippen LogP contribution in [-0.2, 0) is 0 Å². The highest BCUT2D eigenvalue weighted by molar-refractivity contribution is 4.68. The van der Waals surface area contributed by atoms with Gasteiger partial charge in [-0.3, -0.25) is 0 Å². The number of hydrogen-bond donors (Lipinski definition) is 4. The standard InChI is InChI=1S/C28H58O4/c29-24-20-16-12-8-4-1-2-7-11-15-19-23-28(32)27(26-31)22-18-14-10-6-3-5-9-13-17-21-25-30/h27-32H,1-26H2. The summed E-state index contributed by atoms with van der Waals surface area (Å²) < 4.78 is 0. The van der Waals surface area contributed by atoms with E-state index in [1.54, 1.807) is 0 Å². The molecule has 0 heterocycles. The molecule has 0 aliphatic rings. The van der Waals surface area contributed by atoms with Gasteiger partial charge in [-0.25, -0.2) is 0 Å². The van der Waals surface area contributed by atoms with Crippen molar-refractivity contribution in [3.05, 3.63) is 0 Å². The quantitative estimate of drug-likeness (QED) is 0.101. The Morgan fingerprint density at radius 2 is 0.625 bits per heavy atom. The molecule has 0 saturated carbocycles. The van der Waals surface area contributed by atoms with Crippen LogP contribution in [0.5, 0.6) is 0 Å². The lowest BCUT2D eigenvalue weighted by Crippen LogP contribution is -2.23. The van der Waals surface area contributed by atoms with Crippen molar-refractivity contribution in [2.75, 3.05) is 19.8 Å². The van der Waals surface area contributed by atoms with Crippen molar-refractivity contribution < 1.29 is 20.4 Å². The highest BCUT2D eigenvalue weighted by Crippen LogP contribution is 2.20. The normalized spacial score (nSPS) is 13.5. The third kappa shape index (κ3) is 23.0. The molecule has 0 aromatic rings. The summed E-state index contributed by atoms with van der Waals surface area (Å²) in [6.45, 7) is 0.785. The summed E-state index contributed by atoms with van der Waals surface area (Å²) in [5, 5.41) is 37.6. The molecule has 4 nitrogen and oxygen atoms in total. The molecule has 32 heavy (non-hydrogen) atoms. The van der Waals surface area contributed by atoms with Gasteiger partial charge in [-0.1, -0.05) is 122 Å². The van der Waals surface area contributed by atoms with E-state index in [-0.39, 0.29) is 18.6 Å². The Morgan fingerprint density at radius 1 is 0.344 bits per heavy atom. The summed E-state index contributed by atoms with van der Waals surface area (Å²) in [6, 6.07) is 0. The van der Waals surface area contributed by atoms with E-state index in [2.05, 4.69) is 0 Å². The third-order valence-corrected chi connectivity index (χ3v) is 6.92. The number of rotatable bonds is 27. The number of hydrogen-bond acceptors (Lipinski definition) is 4. The Morgan fingerprint density at radius 3 is 0.938 bits per heavy atom. The lowest BCUT2D eigenvalue weighted by atomic mass is 9.92. The van der Waals surface area contributed by atoms with Gasteiger partial charge in [0.25, 0.3) is 0 Å². The molecule has 0 fully saturated rings. The Balaban J connectivity index is 3.43. The van der Waals surface area contributed by atoms with E-state index >= 15 is 0 Å². The van der Waals surface area contributed by atoms with Crippen molar-refractivity contribution in [2.24, 2.45) is 5.92 Å². The van der Waals surface area contributed by atoms with Gasteiger partial charge < -0.3 is 20.4 Å². The minimum atomic E-state index is -0.335. The fourth-order valence-corrected chi connectivity index (χ4v) is 4.63. The third-order valence-electron chi connectivity index (χ3n) is 6.92. The summed E-state index contributed by atoms with van der Waals surface area (Å²) >= 11 is 0. The minimum Gasteiger partial charge on any atom is -0.396 e. The molecule has 0 aromatic heterocycles. The Hall–Kier alpha value is -0.160. The van der Waals surface area contributed by atoms with Gasteiger partial charge in [-0.05, 0) is 25.7 Å². The van der Waals surface area contributed by atoms with Crippen molar-refractivity contribution in [1.29, 1.82) is 0 Å². The predicted molar refractivity (Wildman–Crippen MR) is 137 cm³/mol. The van der Waals surface area contributed by atoms with E-state index in [9.17, 15) is 10.2 Å². The van der Waals surface area contributed by atoms with E-state index in [1.807, 2.05) is 0 Å². The maximum Gasteiger partial charge on any atom is 0.0590 e. The minimum absolute atomic E-state index is 0.0624. The van der Waals surface area contributed by atoms with Crippen LogP contribution in [0.25, 0.3) is 0 Å². The molecular formula is C28H58O4. The first-order chi connectivity index (χ1) is 15.8. The SMILES string of the molecule is OCCCCCCCCCCCCCC(O)C(CO)CCCCCCCCCCCCO. The largest absolute Gasteiger partial charge is 0.396 e. The van der Waals surface area contributed by atoms with Crippen molar-refractivity contribution in [1.82, 2.24) is 0 Å². The molecule has 0 saturated heterocycles. The second-order valence-electron chi connectivity index (χ2n) is 9.96. The Kier molecular flexibility index (Phi) is 27.0. The first-order valence-corrected chi connectivity index (χ1v) is 14.3. The maximum atomic E-state index is 10.4. The van der Waals surface area contributed by atoms with E-state index in [0.717, 1.165) is 44.9 Å². The van der Waals surface area contributed by atoms with Gasteiger partial charge in [0.15, 0.2) is 0 Å². The van der Waals surface area contributed by atoms with Crippen molar-refractivity contribution in [2.45, 2.75) is 154 Å². The molecule has 2 unspecified atom stereocenters. The molecule has 194 valence electrons. The average Bonchev–Trinajstić information content (AvgIpc) is 2.80. The Bertz CT molecular complexity index is 337. The fraction of sp³-hybridized carbons (Fsp3) is 1.00. The molecule has 4 N–H and O–H groups in total. The smallest absolute Gasteiger partial charge is 0.0590 e. The van der Waals surface area contributed by atoms with Gasteiger partial charge in [0.05, 0.1) is 6.10 Å². The molecule has 0 radical (unpaired) electrons. The predicted octanol–water partition coefficient (Wildman–Crippen LogP) is 6.91. The summed E-state index contributed by atoms with van der Waals surface area (Å²) in [7, 11) is 0. The molecular weight excluding hydrogens is 400 g/mol. The molecule has 0 amide bonds. The number of aliphatic hydroxyl groups is 4. The summed E-state index contributed by atoms with van der Waals surface area (Å²) in [5.74, 6) is 0.0624. The van der Waals surface area contributed by atoms with Gasteiger partial charge in [0.2, 0.25) is 0 Å². The van der Waals surface area contributed by atoms with Gasteiger partial charge in [-0.2, -0.15) is 0 Å². The van der Waals surface area contributed by atoms with Crippen molar-refractivity contribution >= 4 is 0 Å². The summed E-state index contributed by atoms with van der Waals surface area (Å²) in [5.41, 5.74) is 0. The summed E-state index contributed by atoms with van der Waals surface area (Å²) in [4.78, 5) is 0. The van der Waals surface area contributed by atoms with Crippen LogP contribution >= 0.6 is 0 Å². The van der Waals surface area contributed by atoms with Gasteiger partial charge in [0, 0.05) is 25.7 Å². The van der Waals surface area contributed by atoms with E-state index < -0.39 is 0 Å². The zero-order chi connectivity index (χ0) is 23.5. The van der Waals surface area contributed by atoms with Crippen LogP contribution in [0.15, 0.2) is 0 Å². The molecule has 0 spiro atoms. The molecule has 0 aliphatic heterocycles. The number of aliphatic hydroxyl groups excluding tert-OH is 4. The highest BCUT2D eigenvalue weighted by Gasteiger charge is 2.17. The molecule has 4 heteroatoms. The van der Waals surface area contributed by atoms with E-state index in [4.69, 9.17) is 10.2 Å². The topological polar surface area (TPSA) is 80.9 Å². The van der Waals surface area contributed by atoms with Crippen molar-refractivity contribution in [3.8, 4) is 0 Å². The first kappa shape index (κ1) is 31.8. The molecule has 2 atom stereocenters. The first-order valence-electron chi connectivity index (χ1n) is 14.3. The maximum absolute atomic E-state index is 10.4. The number of unbranched alkanes of at least 4 members (excludes halogenated alkanes) is 19. The van der Waals surface area contributed by atoms with Crippen LogP contribution in [0, 0.1) is 5.92 Å². The van der Waals surface area contributed by atoms with Gasteiger partial charge >= 0.3 is 0 Å². The molecule has 0 aliphatic carbocycles. The monoisotopic (exact) mass is 458 g/mol. The van der Waals surface area contributed by atoms with Crippen LogP contribution in [0.3, 0.4) is 0 Å². The lowest BCUT2D eigenvalue weighted by molar-refractivity contribution is 0.0528. The highest BCUT2D eigenvalue weighted by atomic mass is 16.3. The summed E-state index contributed by atoms with van der Waals surface area (Å²) in [6.07, 6.45) is 27.2. The van der Waals surface area contributed by atoms with Crippen LogP contribution in [0.1, 0.15) is 148 Å². The zero-order valence-electron chi connectivity index (χ0n) is 21.3. The van der Waals surface area contributed by atoms with Crippen LogP contribution in [-0.4, -0.2) is 46.4 Å². The van der Waals surface area contributed by atoms with Gasteiger partial charge in [-0.15, -0.1) is 0 Å². The van der Waals surface area contributed by atoms with Crippen LogP contribution in [0.2, 0.25) is 0 Å². The van der Waals surface area contributed by atoms with Crippen LogP contribution in [0.4, 0.5) is 0 Å². The second-order valence-corrected chi connectivity index (χ2v) is 9.96. The van der Waals surface area contributed by atoms with E-state index in [1.165, 1.54) is 103 Å². The van der Waals surface area contributed by atoms with Crippen LogP contribution < -0.4 is 0 Å². The lowest BCUT2D eigenvalue weighted by Gasteiger charge is -2.21. The molecule has 0 rings (SSSR count). The second kappa shape index (κ2) is 27.1. The molecule has 0 aromatic carbocycles. The van der Waals surface area contributed by atoms with E-state index in [0.29, 0.717) is 13.2 Å². The molecule has 0 bridgehead atoms. The average molecular weight is 459 g/mol. The Labute approximate surface area is 200 Å².